The highest BCUT2D eigenvalue weighted by Gasteiger charge is 2.12. The molecule has 7 heteroatoms. The summed E-state index contributed by atoms with van der Waals surface area (Å²) in [6, 6.07) is 8.50. The van der Waals surface area contributed by atoms with Gasteiger partial charge in [0.05, 0.1) is 11.3 Å². The summed E-state index contributed by atoms with van der Waals surface area (Å²) in [4.78, 5) is 28.3. The number of aromatic nitrogens is 3. The number of nitriles is 1. The lowest BCUT2D eigenvalue weighted by molar-refractivity contribution is 0.0467. The summed E-state index contributed by atoms with van der Waals surface area (Å²) in [6.07, 6.45) is 1.40. The fourth-order valence-corrected chi connectivity index (χ4v) is 2.28. The molecule has 7 nitrogen and oxygen atoms in total. The number of esters is 1. The van der Waals surface area contributed by atoms with Crippen LogP contribution in [0.5, 0.6) is 0 Å². The summed E-state index contributed by atoms with van der Waals surface area (Å²) in [5.74, 6) is -0.491. The Morgan fingerprint density at radius 1 is 1.33 bits per heavy atom. The van der Waals surface area contributed by atoms with Crippen LogP contribution in [0, 0.1) is 25.2 Å². The van der Waals surface area contributed by atoms with E-state index >= 15 is 0 Å². The predicted octanol–water partition coefficient (Wildman–Crippen LogP) is 1.87. The molecular formula is C17H14N4O3. The zero-order valence-corrected chi connectivity index (χ0v) is 13.2. The van der Waals surface area contributed by atoms with Crippen LogP contribution in [0.2, 0.25) is 0 Å². The molecule has 0 fully saturated rings. The molecule has 24 heavy (non-hydrogen) atoms. The molecule has 0 unspecified atom stereocenters. The van der Waals surface area contributed by atoms with Gasteiger partial charge in [0.15, 0.2) is 5.65 Å². The number of rotatable bonds is 3. The average molecular weight is 322 g/mol. The molecule has 2 aromatic heterocycles. The lowest BCUT2D eigenvalue weighted by atomic mass is 10.1. The Kier molecular flexibility index (Phi) is 3.88. The van der Waals surface area contributed by atoms with Gasteiger partial charge in [-0.05, 0) is 37.1 Å². The van der Waals surface area contributed by atoms with Crippen molar-refractivity contribution in [1.82, 2.24) is 14.6 Å². The molecule has 120 valence electrons. The summed E-state index contributed by atoms with van der Waals surface area (Å²) in [6.45, 7) is 3.73. The smallest absolute Gasteiger partial charge is 0.338 e. The third kappa shape index (κ3) is 2.77. The summed E-state index contributed by atoms with van der Waals surface area (Å²) >= 11 is 0. The second kappa shape index (κ2) is 6.01. The van der Waals surface area contributed by atoms with Crippen LogP contribution >= 0.6 is 0 Å². The van der Waals surface area contributed by atoms with Crippen molar-refractivity contribution >= 4 is 11.6 Å². The van der Waals surface area contributed by atoms with Crippen molar-refractivity contribution in [2.24, 2.45) is 0 Å². The molecule has 0 aliphatic rings. The Balaban J connectivity index is 1.82. The first kappa shape index (κ1) is 15.5. The van der Waals surface area contributed by atoms with Gasteiger partial charge in [0.25, 0.3) is 5.56 Å². The largest absolute Gasteiger partial charge is 0.456 e. The molecule has 3 aromatic rings. The summed E-state index contributed by atoms with van der Waals surface area (Å²) in [7, 11) is 0. The van der Waals surface area contributed by atoms with Gasteiger partial charge in [-0.3, -0.25) is 9.89 Å². The summed E-state index contributed by atoms with van der Waals surface area (Å²) in [5, 5.41) is 11.7. The van der Waals surface area contributed by atoms with Crippen LogP contribution < -0.4 is 5.56 Å². The molecule has 0 spiro atoms. The molecule has 0 atom stereocenters. The van der Waals surface area contributed by atoms with Crippen LogP contribution in [0.1, 0.15) is 32.7 Å². The van der Waals surface area contributed by atoms with E-state index in [1.807, 2.05) is 26.0 Å². The second-order valence-corrected chi connectivity index (χ2v) is 5.42. The Labute approximate surface area is 137 Å². The summed E-state index contributed by atoms with van der Waals surface area (Å²) < 4.78 is 6.38. The molecule has 1 N–H and O–H groups in total. The highest BCUT2D eigenvalue weighted by molar-refractivity contribution is 5.89. The quantitative estimate of drug-likeness (QED) is 0.742. The van der Waals surface area contributed by atoms with Crippen LogP contribution in [0.25, 0.3) is 5.65 Å². The van der Waals surface area contributed by atoms with Crippen LogP contribution in [-0.4, -0.2) is 20.6 Å². The van der Waals surface area contributed by atoms with E-state index in [1.165, 1.54) is 12.3 Å². The first-order chi connectivity index (χ1) is 11.5. The van der Waals surface area contributed by atoms with Gasteiger partial charge >= 0.3 is 5.97 Å². The van der Waals surface area contributed by atoms with Gasteiger partial charge in [0.1, 0.15) is 18.2 Å². The number of aromatic amines is 1. The van der Waals surface area contributed by atoms with Crippen LogP contribution in [0.3, 0.4) is 0 Å². The Bertz CT molecular complexity index is 1040. The third-order valence-electron chi connectivity index (χ3n) is 3.76. The zero-order valence-electron chi connectivity index (χ0n) is 13.2. The summed E-state index contributed by atoms with van der Waals surface area (Å²) in [5.41, 5.74) is 2.88. The SMILES string of the molecule is Cc1ccc(C(=O)OCc2cc(=O)n3[nH]cc(C#N)c3n2)cc1C. The topological polar surface area (TPSA) is 100 Å². The zero-order chi connectivity index (χ0) is 17.3. The molecule has 0 aliphatic heterocycles. The standard InChI is InChI=1S/C17H14N4O3/c1-10-3-4-12(5-11(10)2)17(23)24-9-14-6-15(22)21-16(20-14)13(7-18)8-19-21/h3-6,8,19H,9H2,1-2H3. The molecule has 0 radical (unpaired) electrons. The maximum absolute atomic E-state index is 12.1. The fraction of sp³-hybridized carbons (Fsp3) is 0.176. The van der Waals surface area contributed by atoms with E-state index in [2.05, 4.69) is 10.1 Å². The van der Waals surface area contributed by atoms with Gasteiger partial charge in [0, 0.05) is 12.3 Å². The van der Waals surface area contributed by atoms with E-state index in [-0.39, 0.29) is 29.1 Å². The van der Waals surface area contributed by atoms with Crippen LogP contribution in [0.15, 0.2) is 35.3 Å². The van der Waals surface area contributed by atoms with Crippen molar-refractivity contribution in [1.29, 1.82) is 5.26 Å². The average Bonchev–Trinajstić information content (AvgIpc) is 2.98. The van der Waals surface area contributed by atoms with Crippen molar-refractivity contribution in [2.75, 3.05) is 0 Å². The normalized spacial score (nSPS) is 10.5. The number of nitrogens with one attached hydrogen (secondary N) is 1. The van der Waals surface area contributed by atoms with Crippen molar-refractivity contribution < 1.29 is 9.53 Å². The maximum Gasteiger partial charge on any atom is 0.338 e. The Morgan fingerprint density at radius 2 is 2.12 bits per heavy atom. The van der Waals surface area contributed by atoms with Gasteiger partial charge in [-0.2, -0.15) is 5.26 Å². The number of fused-ring (bicyclic) bond motifs is 1. The van der Waals surface area contributed by atoms with E-state index in [1.54, 1.807) is 12.1 Å². The van der Waals surface area contributed by atoms with Gasteiger partial charge in [-0.25, -0.2) is 14.3 Å². The lowest BCUT2D eigenvalue weighted by Gasteiger charge is -2.06. The minimum absolute atomic E-state index is 0.145. The van der Waals surface area contributed by atoms with Gasteiger partial charge in [-0.15, -0.1) is 0 Å². The van der Waals surface area contributed by atoms with Crippen molar-refractivity contribution in [2.45, 2.75) is 20.5 Å². The van der Waals surface area contributed by atoms with Crippen molar-refractivity contribution in [3.8, 4) is 6.07 Å². The molecule has 0 amide bonds. The van der Waals surface area contributed by atoms with Gasteiger partial charge in [0.2, 0.25) is 0 Å². The van der Waals surface area contributed by atoms with Gasteiger partial charge < -0.3 is 4.74 Å². The first-order valence-corrected chi connectivity index (χ1v) is 7.24. The minimum atomic E-state index is -0.491. The number of carbonyl (C=O) groups excluding carboxylic acids is 1. The van der Waals surface area contributed by atoms with Crippen molar-refractivity contribution in [3.05, 3.63) is 68.8 Å². The van der Waals surface area contributed by atoms with E-state index in [0.29, 0.717) is 5.56 Å². The van der Waals surface area contributed by atoms with Crippen LogP contribution in [0.4, 0.5) is 0 Å². The molecule has 1 aromatic carbocycles. The molecule has 2 heterocycles. The molecule has 0 bridgehead atoms. The predicted molar refractivity (Wildman–Crippen MR) is 85.6 cm³/mol. The molecule has 0 aliphatic carbocycles. The van der Waals surface area contributed by atoms with Crippen LogP contribution in [-0.2, 0) is 11.3 Å². The number of hydrogen-bond acceptors (Lipinski definition) is 5. The molecular weight excluding hydrogens is 308 g/mol. The van der Waals surface area contributed by atoms with E-state index < -0.39 is 5.97 Å². The third-order valence-corrected chi connectivity index (χ3v) is 3.76. The number of nitrogens with zero attached hydrogens (tertiary/aromatic N) is 3. The highest BCUT2D eigenvalue weighted by Crippen LogP contribution is 2.12. The first-order valence-electron chi connectivity index (χ1n) is 7.24. The molecule has 0 saturated heterocycles. The monoisotopic (exact) mass is 322 g/mol. The maximum atomic E-state index is 12.1. The number of benzene rings is 1. The van der Waals surface area contributed by atoms with E-state index in [0.717, 1.165) is 15.6 Å². The highest BCUT2D eigenvalue weighted by atomic mass is 16.5. The number of hydrogen-bond donors (Lipinski definition) is 1. The second-order valence-electron chi connectivity index (χ2n) is 5.42. The Morgan fingerprint density at radius 3 is 2.83 bits per heavy atom. The Hall–Kier alpha value is -3.40. The number of aryl methyl sites for hydroxylation is 2. The minimum Gasteiger partial charge on any atom is -0.456 e. The van der Waals surface area contributed by atoms with E-state index in [4.69, 9.17) is 10.00 Å². The fourth-order valence-electron chi connectivity index (χ4n) is 2.28. The number of H-pyrrole nitrogens is 1. The van der Waals surface area contributed by atoms with Gasteiger partial charge in [-0.1, -0.05) is 6.07 Å². The number of carbonyl (C=O) groups is 1. The van der Waals surface area contributed by atoms with E-state index in [9.17, 15) is 9.59 Å². The molecule has 3 rings (SSSR count). The molecule has 0 saturated carbocycles. The number of ether oxygens (including phenoxy) is 1. The van der Waals surface area contributed by atoms with Crippen molar-refractivity contribution in [3.63, 3.8) is 0 Å². The lowest BCUT2D eigenvalue weighted by Crippen LogP contribution is -2.17.